The van der Waals surface area contributed by atoms with Gasteiger partial charge in [-0.3, -0.25) is 4.98 Å². The fourth-order valence-electron chi connectivity index (χ4n) is 2.36. The molecule has 1 heterocycles. The van der Waals surface area contributed by atoms with Crippen molar-refractivity contribution < 1.29 is 4.74 Å². The standard InChI is InChI=1S/C17H20N2O/c1-20-17-7-4-13(9-14-3-2-8-18-11-14)10-15(17)12-19-16-5-6-16/h2-4,7-8,10-11,16,19H,5-6,9,12H2,1H3. The van der Waals surface area contributed by atoms with Crippen LogP contribution in [-0.4, -0.2) is 18.1 Å². The Morgan fingerprint density at radius 3 is 2.85 bits per heavy atom. The van der Waals surface area contributed by atoms with Gasteiger partial charge in [0.2, 0.25) is 0 Å². The summed E-state index contributed by atoms with van der Waals surface area (Å²) in [6.45, 7) is 0.884. The molecule has 0 aliphatic heterocycles. The zero-order chi connectivity index (χ0) is 13.8. The zero-order valence-corrected chi connectivity index (χ0v) is 11.8. The molecule has 3 heteroatoms. The van der Waals surface area contributed by atoms with Crippen LogP contribution in [0.1, 0.15) is 29.5 Å². The van der Waals surface area contributed by atoms with Crippen LogP contribution >= 0.6 is 0 Å². The van der Waals surface area contributed by atoms with E-state index in [-0.39, 0.29) is 0 Å². The highest BCUT2D eigenvalue weighted by molar-refractivity contribution is 5.39. The Balaban J connectivity index is 1.75. The number of nitrogens with one attached hydrogen (secondary N) is 1. The normalized spacial score (nSPS) is 14.2. The topological polar surface area (TPSA) is 34.1 Å². The number of methoxy groups -OCH3 is 1. The molecule has 3 nitrogen and oxygen atoms in total. The molecule has 1 saturated carbocycles. The molecular formula is C17H20N2O. The second-order valence-electron chi connectivity index (χ2n) is 5.34. The summed E-state index contributed by atoms with van der Waals surface area (Å²) >= 11 is 0. The lowest BCUT2D eigenvalue weighted by Crippen LogP contribution is -2.16. The van der Waals surface area contributed by atoms with Crippen molar-refractivity contribution in [3.05, 3.63) is 59.4 Å². The number of pyridine rings is 1. The highest BCUT2D eigenvalue weighted by Crippen LogP contribution is 2.24. The van der Waals surface area contributed by atoms with Crippen molar-refractivity contribution in [2.45, 2.75) is 31.8 Å². The van der Waals surface area contributed by atoms with Gasteiger partial charge in [-0.25, -0.2) is 0 Å². The molecule has 0 unspecified atom stereocenters. The van der Waals surface area contributed by atoms with Crippen molar-refractivity contribution in [2.75, 3.05) is 7.11 Å². The first-order valence-corrected chi connectivity index (χ1v) is 7.13. The van der Waals surface area contributed by atoms with Crippen LogP contribution in [0.3, 0.4) is 0 Å². The van der Waals surface area contributed by atoms with E-state index in [0.717, 1.165) is 18.7 Å². The van der Waals surface area contributed by atoms with E-state index in [1.54, 1.807) is 7.11 Å². The number of benzene rings is 1. The van der Waals surface area contributed by atoms with Gasteiger partial charge in [0.15, 0.2) is 0 Å². The molecule has 20 heavy (non-hydrogen) atoms. The summed E-state index contributed by atoms with van der Waals surface area (Å²) in [5.74, 6) is 0.966. The second kappa shape index (κ2) is 6.06. The Morgan fingerprint density at radius 1 is 1.25 bits per heavy atom. The van der Waals surface area contributed by atoms with Gasteiger partial charge in [0.05, 0.1) is 7.11 Å². The summed E-state index contributed by atoms with van der Waals surface area (Å²) in [6.07, 6.45) is 7.25. The first-order valence-electron chi connectivity index (χ1n) is 7.13. The van der Waals surface area contributed by atoms with Crippen LogP contribution in [0.2, 0.25) is 0 Å². The molecule has 2 aromatic rings. The number of hydrogen-bond donors (Lipinski definition) is 1. The van der Waals surface area contributed by atoms with Crippen molar-refractivity contribution in [3.8, 4) is 5.75 Å². The molecule has 0 bridgehead atoms. The molecule has 104 valence electrons. The average molecular weight is 268 g/mol. The summed E-state index contributed by atoms with van der Waals surface area (Å²) in [6, 6.07) is 11.2. The minimum atomic E-state index is 0.710. The quantitative estimate of drug-likeness (QED) is 0.874. The summed E-state index contributed by atoms with van der Waals surface area (Å²) < 4.78 is 5.45. The SMILES string of the molecule is COc1ccc(Cc2cccnc2)cc1CNC1CC1. The third kappa shape index (κ3) is 3.36. The Bertz CT molecular complexity index is 564. The Hall–Kier alpha value is -1.87. The first-order chi connectivity index (χ1) is 9.85. The van der Waals surface area contributed by atoms with Crippen LogP contribution in [0.4, 0.5) is 0 Å². The minimum absolute atomic E-state index is 0.710. The second-order valence-corrected chi connectivity index (χ2v) is 5.34. The Kier molecular flexibility index (Phi) is 3.97. The summed E-state index contributed by atoms with van der Waals surface area (Å²) in [5.41, 5.74) is 3.77. The highest BCUT2D eigenvalue weighted by atomic mass is 16.5. The van der Waals surface area contributed by atoms with Gasteiger partial charge in [-0.15, -0.1) is 0 Å². The molecule has 1 N–H and O–H groups in total. The van der Waals surface area contributed by atoms with Gasteiger partial charge in [-0.2, -0.15) is 0 Å². The zero-order valence-electron chi connectivity index (χ0n) is 11.8. The van der Waals surface area contributed by atoms with Crippen LogP contribution in [0.5, 0.6) is 5.75 Å². The van der Waals surface area contributed by atoms with Gasteiger partial charge in [0, 0.05) is 30.5 Å². The maximum atomic E-state index is 5.45. The third-order valence-corrected chi connectivity index (χ3v) is 3.63. The molecule has 1 aromatic heterocycles. The molecule has 0 spiro atoms. The minimum Gasteiger partial charge on any atom is -0.496 e. The van der Waals surface area contributed by atoms with Crippen LogP contribution < -0.4 is 10.1 Å². The molecular weight excluding hydrogens is 248 g/mol. The largest absolute Gasteiger partial charge is 0.496 e. The summed E-state index contributed by atoms with van der Waals surface area (Å²) in [5, 5.41) is 3.55. The predicted molar refractivity (Wildman–Crippen MR) is 79.9 cm³/mol. The van der Waals surface area contributed by atoms with Gasteiger partial charge in [0.1, 0.15) is 5.75 Å². The molecule has 1 aliphatic carbocycles. The van der Waals surface area contributed by atoms with Gasteiger partial charge in [-0.05, 0) is 42.5 Å². The predicted octanol–water partition coefficient (Wildman–Crippen LogP) is 2.93. The molecule has 1 fully saturated rings. The summed E-state index contributed by atoms with van der Waals surface area (Å²) in [7, 11) is 1.73. The van der Waals surface area contributed by atoms with E-state index >= 15 is 0 Å². The van der Waals surface area contributed by atoms with Crippen LogP contribution in [-0.2, 0) is 13.0 Å². The highest BCUT2D eigenvalue weighted by Gasteiger charge is 2.20. The van der Waals surface area contributed by atoms with Gasteiger partial charge < -0.3 is 10.1 Å². The van der Waals surface area contributed by atoms with Crippen LogP contribution in [0.15, 0.2) is 42.7 Å². The van der Waals surface area contributed by atoms with Crippen molar-refractivity contribution in [2.24, 2.45) is 0 Å². The smallest absolute Gasteiger partial charge is 0.123 e. The monoisotopic (exact) mass is 268 g/mol. The lowest BCUT2D eigenvalue weighted by molar-refractivity contribution is 0.407. The van der Waals surface area contributed by atoms with E-state index in [1.165, 1.54) is 29.5 Å². The Morgan fingerprint density at radius 2 is 2.15 bits per heavy atom. The lowest BCUT2D eigenvalue weighted by atomic mass is 10.0. The average Bonchev–Trinajstić information content (AvgIpc) is 3.31. The number of hydrogen-bond acceptors (Lipinski definition) is 3. The molecule has 0 amide bonds. The van der Waals surface area contributed by atoms with E-state index < -0.39 is 0 Å². The van der Waals surface area contributed by atoms with Gasteiger partial charge >= 0.3 is 0 Å². The Labute approximate surface area is 120 Å². The van der Waals surface area contributed by atoms with Crippen molar-refractivity contribution >= 4 is 0 Å². The maximum absolute atomic E-state index is 5.45. The fourth-order valence-corrected chi connectivity index (χ4v) is 2.36. The molecule has 0 atom stereocenters. The van der Waals surface area contributed by atoms with E-state index in [0.29, 0.717) is 6.04 Å². The van der Waals surface area contributed by atoms with E-state index in [2.05, 4.69) is 34.6 Å². The number of rotatable bonds is 6. The van der Waals surface area contributed by atoms with Crippen LogP contribution in [0.25, 0.3) is 0 Å². The fraction of sp³-hybridized carbons (Fsp3) is 0.353. The van der Waals surface area contributed by atoms with Crippen molar-refractivity contribution in [1.29, 1.82) is 0 Å². The third-order valence-electron chi connectivity index (χ3n) is 3.63. The maximum Gasteiger partial charge on any atom is 0.123 e. The molecule has 1 aliphatic rings. The van der Waals surface area contributed by atoms with Crippen LogP contribution in [0, 0.1) is 0 Å². The van der Waals surface area contributed by atoms with E-state index in [1.807, 2.05) is 18.5 Å². The van der Waals surface area contributed by atoms with Crippen molar-refractivity contribution in [3.63, 3.8) is 0 Å². The van der Waals surface area contributed by atoms with Crippen molar-refractivity contribution in [1.82, 2.24) is 10.3 Å². The van der Waals surface area contributed by atoms with Gasteiger partial charge in [-0.1, -0.05) is 18.2 Å². The van der Waals surface area contributed by atoms with Gasteiger partial charge in [0.25, 0.3) is 0 Å². The first kappa shape index (κ1) is 13.1. The number of nitrogens with zero attached hydrogens (tertiary/aromatic N) is 1. The molecule has 0 radical (unpaired) electrons. The molecule has 0 saturated heterocycles. The molecule has 1 aromatic carbocycles. The van der Waals surface area contributed by atoms with E-state index in [9.17, 15) is 0 Å². The summed E-state index contributed by atoms with van der Waals surface area (Å²) in [4.78, 5) is 4.17. The lowest BCUT2D eigenvalue weighted by Gasteiger charge is -2.11. The van der Waals surface area contributed by atoms with E-state index in [4.69, 9.17) is 4.74 Å². The number of ether oxygens (including phenoxy) is 1. The molecule has 3 rings (SSSR count). The number of aromatic nitrogens is 1.